The number of nitrogens with one attached hydrogen (secondary N) is 1. The first-order chi connectivity index (χ1) is 15.4. The summed E-state index contributed by atoms with van der Waals surface area (Å²) in [4.78, 5) is 29.5. The number of pyridine rings is 1. The van der Waals surface area contributed by atoms with Gasteiger partial charge in [-0.15, -0.1) is 0 Å². The quantitative estimate of drug-likeness (QED) is 0.360. The van der Waals surface area contributed by atoms with Crippen LogP contribution in [0.2, 0.25) is 5.02 Å². The molecule has 1 aliphatic rings. The molecule has 2 aromatic carbocycles. The molecule has 0 fully saturated rings. The van der Waals surface area contributed by atoms with Crippen LogP contribution < -0.4 is 10.1 Å². The van der Waals surface area contributed by atoms with Gasteiger partial charge in [-0.3, -0.25) is 9.59 Å². The van der Waals surface area contributed by atoms with Crippen molar-refractivity contribution in [1.82, 2.24) is 4.98 Å². The van der Waals surface area contributed by atoms with Gasteiger partial charge >= 0.3 is 0 Å². The third-order valence-electron chi connectivity index (χ3n) is 4.79. The monoisotopic (exact) mass is 446 g/mol. The minimum Gasteiger partial charge on any atom is -0.481 e. The van der Waals surface area contributed by atoms with E-state index in [1.165, 1.54) is 24.3 Å². The number of carbonyl (C=O) groups is 2. The zero-order valence-corrected chi connectivity index (χ0v) is 17.7. The highest BCUT2D eigenvalue weighted by Gasteiger charge is 2.28. The van der Waals surface area contributed by atoms with Gasteiger partial charge in [0, 0.05) is 29.8 Å². The minimum atomic E-state index is -0.630. The van der Waals surface area contributed by atoms with E-state index in [4.69, 9.17) is 16.3 Å². The van der Waals surface area contributed by atoms with Gasteiger partial charge in [-0.05, 0) is 47.5 Å². The molecule has 0 radical (unpaired) electrons. The van der Waals surface area contributed by atoms with Crippen LogP contribution in [0.15, 0.2) is 60.3 Å². The largest absolute Gasteiger partial charge is 0.481 e. The van der Waals surface area contributed by atoms with Crippen LogP contribution in [0.4, 0.5) is 10.1 Å². The Morgan fingerprint density at radius 1 is 1.16 bits per heavy atom. The van der Waals surface area contributed by atoms with E-state index in [-0.39, 0.29) is 10.6 Å². The van der Waals surface area contributed by atoms with E-state index in [1.807, 2.05) is 6.07 Å². The van der Waals surface area contributed by atoms with Crippen LogP contribution in [0.3, 0.4) is 0 Å². The molecule has 158 valence electrons. The molecule has 0 saturated heterocycles. The van der Waals surface area contributed by atoms with Crippen molar-refractivity contribution in [3.63, 3.8) is 0 Å². The summed E-state index contributed by atoms with van der Waals surface area (Å²) in [6, 6.07) is 12.7. The first-order valence-corrected chi connectivity index (χ1v) is 9.97. The molecule has 32 heavy (non-hydrogen) atoms. The lowest BCUT2D eigenvalue weighted by atomic mass is 9.93. The molecule has 0 aliphatic carbocycles. The fourth-order valence-corrected chi connectivity index (χ4v) is 3.26. The maximum absolute atomic E-state index is 13.7. The average Bonchev–Trinajstić information content (AvgIpc) is 2.80. The summed E-state index contributed by atoms with van der Waals surface area (Å²) >= 11 is 5.70. The van der Waals surface area contributed by atoms with Gasteiger partial charge < -0.3 is 10.1 Å². The fourth-order valence-electron chi connectivity index (χ4n) is 3.14. The van der Waals surface area contributed by atoms with Crippen molar-refractivity contribution in [1.29, 1.82) is 0 Å². The molecule has 5 nitrogen and oxygen atoms in total. The normalized spacial score (nSPS) is 13.8. The number of rotatable bonds is 3. The second-order valence-corrected chi connectivity index (χ2v) is 7.37. The second kappa shape index (κ2) is 9.04. The van der Waals surface area contributed by atoms with Gasteiger partial charge in [-0.2, -0.15) is 0 Å². The van der Waals surface area contributed by atoms with E-state index >= 15 is 0 Å². The maximum Gasteiger partial charge on any atom is 0.259 e. The van der Waals surface area contributed by atoms with Crippen LogP contribution in [-0.4, -0.2) is 23.8 Å². The minimum absolute atomic E-state index is 0.0365. The fraction of sp³-hybridized carbons (Fsp3) is 0.0800. The van der Waals surface area contributed by atoms with E-state index in [0.29, 0.717) is 34.7 Å². The van der Waals surface area contributed by atoms with Gasteiger partial charge in [0.15, 0.2) is 0 Å². The summed E-state index contributed by atoms with van der Waals surface area (Å²) in [7, 11) is 1.55. The summed E-state index contributed by atoms with van der Waals surface area (Å²) in [6.07, 6.45) is 3.51. The number of Topliss-reactive ketones (excluding diaryl/α,β-unsaturated/α-hetero) is 1. The number of methoxy groups -OCH3 is 1. The SMILES string of the molecule is COc1ccc(CC#Cc2ccc3c(c2)C(=O)/C(=C\c2ccc(Cl)c(F)c2)C(=O)N3)cn1. The molecule has 1 aromatic heterocycles. The number of halogens is 2. The molecular formula is C25H16ClFN2O3. The zero-order chi connectivity index (χ0) is 22.7. The summed E-state index contributed by atoms with van der Waals surface area (Å²) < 4.78 is 18.8. The van der Waals surface area contributed by atoms with Crippen molar-refractivity contribution in [3.05, 3.63) is 93.4 Å². The van der Waals surface area contributed by atoms with E-state index in [0.717, 1.165) is 5.56 Å². The molecule has 2 heterocycles. The van der Waals surface area contributed by atoms with Crippen LogP contribution in [0, 0.1) is 17.7 Å². The van der Waals surface area contributed by atoms with Gasteiger partial charge in [-0.1, -0.05) is 35.6 Å². The molecular weight excluding hydrogens is 431 g/mol. The van der Waals surface area contributed by atoms with E-state index in [1.54, 1.807) is 37.6 Å². The highest BCUT2D eigenvalue weighted by molar-refractivity contribution is 6.36. The summed E-state index contributed by atoms with van der Waals surface area (Å²) in [5, 5.41) is 2.65. The number of fused-ring (bicyclic) bond motifs is 1. The molecule has 7 heteroatoms. The Balaban J connectivity index is 1.58. The van der Waals surface area contributed by atoms with Gasteiger partial charge in [0.2, 0.25) is 11.7 Å². The van der Waals surface area contributed by atoms with Crippen LogP contribution in [0.25, 0.3) is 6.08 Å². The zero-order valence-electron chi connectivity index (χ0n) is 16.9. The summed E-state index contributed by atoms with van der Waals surface area (Å²) in [5.41, 5.74) is 2.56. The van der Waals surface area contributed by atoms with Gasteiger partial charge in [0.1, 0.15) is 5.82 Å². The number of anilines is 1. The van der Waals surface area contributed by atoms with Gasteiger partial charge in [-0.25, -0.2) is 9.37 Å². The molecule has 0 bridgehead atoms. The number of ketones is 1. The van der Waals surface area contributed by atoms with Gasteiger partial charge in [0.05, 0.1) is 23.4 Å². The van der Waals surface area contributed by atoms with Crippen molar-refractivity contribution in [2.45, 2.75) is 6.42 Å². The first kappa shape index (κ1) is 21.3. The van der Waals surface area contributed by atoms with E-state index < -0.39 is 17.5 Å². The highest BCUT2D eigenvalue weighted by atomic mass is 35.5. The number of hydrogen-bond acceptors (Lipinski definition) is 4. The van der Waals surface area contributed by atoms with E-state index in [2.05, 4.69) is 22.1 Å². The number of benzene rings is 2. The first-order valence-electron chi connectivity index (χ1n) is 9.59. The summed E-state index contributed by atoms with van der Waals surface area (Å²) in [5.74, 6) is 4.97. The number of nitrogens with zero attached hydrogens (tertiary/aromatic N) is 1. The Morgan fingerprint density at radius 2 is 2.00 bits per heavy atom. The van der Waals surface area contributed by atoms with Crippen molar-refractivity contribution in [2.75, 3.05) is 12.4 Å². The number of aromatic nitrogens is 1. The Bertz CT molecular complexity index is 1320. The number of carbonyl (C=O) groups excluding carboxylic acids is 2. The molecule has 3 aromatic rings. The average molecular weight is 447 g/mol. The molecule has 1 N–H and O–H groups in total. The van der Waals surface area contributed by atoms with Crippen LogP contribution >= 0.6 is 11.6 Å². The van der Waals surface area contributed by atoms with Crippen molar-refractivity contribution in [2.24, 2.45) is 0 Å². The molecule has 1 amide bonds. The number of ether oxygens (including phenoxy) is 1. The van der Waals surface area contributed by atoms with E-state index in [9.17, 15) is 14.0 Å². The molecule has 0 atom stereocenters. The lowest BCUT2D eigenvalue weighted by Crippen LogP contribution is -2.27. The molecule has 1 aliphatic heterocycles. The Morgan fingerprint density at radius 3 is 2.72 bits per heavy atom. The third kappa shape index (κ3) is 4.53. The third-order valence-corrected chi connectivity index (χ3v) is 5.09. The standard InChI is InChI=1S/C25H16ClFN2O3/c1-32-23-10-7-16(14-28-23)4-2-3-15-6-9-22-18(11-15)24(30)19(25(31)29-22)12-17-5-8-20(26)21(27)13-17/h5-14H,4H2,1H3,(H,29,31)/b19-12+. The highest BCUT2D eigenvalue weighted by Crippen LogP contribution is 2.28. The topological polar surface area (TPSA) is 68.3 Å². The Hall–Kier alpha value is -3.95. The lowest BCUT2D eigenvalue weighted by molar-refractivity contribution is -0.112. The predicted molar refractivity (Wildman–Crippen MR) is 120 cm³/mol. The molecule has 4 rings (SSSR count). The molecule has 0 unspecified atom stereocenters. The van der Waals surface area contributed by atoms with Crippen LogP contribution in [0.1, 0.15) is 27.0 Å². The second-order valence-electron chi connectivity index (χ2n) is 6.96. The molecule has 0 spiro atoms. The Kier molecular flexibility index (Phi) is 6.02. The van der Waals surface area contributed by atoms with Crippen LogP contribution in [-0.2, 0) is 11.2 Å². The van der Waals surface area contributed by atoms with Crippen LogP contribution in [0.5, 0.6) is 5.88 Å². The van der Waals surface area contributed by atoms with Crippen molar-refractivity contribution in [3.8, 4) is 17.7 Å². The smallest absolute Gasteiger partial charge is 0.259 e. The van der Waals surface area contributed by atoms with Crippen molar-refractivity contribution < 1.29 is 18.7 Å². The molecule has 0 saturated carbocycles. The van der Waals surface area contributed by atoms with Gasteiger partial charge in [0.25, 0.3) is 5.91 Å². The number of amides is 1. The van der Waals surface area contributed by atoms with Crippen molar-refractivity contribution >= 4 is 35.1 Å². The predicted octanol–water partition coefficient (Wildman–Crippen LogP) is 4.70. The number of hydrogen-bond donors (Lipinski definition) is 1. The Labute approximate surface area is 188 Å². The summed E-state index contributed by atoms with van der Waals surface area (Å²) in [6.45, 7) is 0. The maximum atomic E-state index is 13.7. The lowest BCUT2D eigenvalue weighted by Gasteiger charge is -2.18.